The van der Waals surface area contributed by atoms with Gasteiger partial charge in [-0.05, 0) is 56.9 Å². The molecule has 2 aromatic heterocycles. The number of imidazole rings is 1. The summed E-state index contributed by atoms with van der Waals surface area (Å²) in [5.74, 6) is 0. The maximum atomic E-state index is 12.4. The molecule has 0 aliphatic heterocycles. The number of fused-ring (bicyclic) bond motifs is 1. The van der Waals surface area contributed by atoms with Crippen molar-refractivity contribution in [2.45, 2.75) is 45.4 Å². The van der Waals surface area contributed by atoms with E-state index in [2.05, 4.69) is 22.7 Å². The Balaban J connectivity index is 1.44. The van der Waals surface area contributed by atoms with E-state index in [1.807, 2.05) is 56.0 Å². The molecule has 2 N–H and O–H groups in total. The van der Waals surface area contributed by atoms with Crippen molar-refractivity contribution in [2.24, 2.45) is 0 Å². The van der Waals surface area contributed by atoms with E-state index < -0.39 is 16.1 Å². The highest BCUT2D eigenvalue weighted by atomic mass is 32.2. The molecule has 0 fully saturated rings. The van der Waals surface area contributed by atoms with E-state index >= 15 is 0 Å². The first-order valence-corrected chi connectivity index (χ1v) is 13.5. The molecule has 2 amide bonds. The lowest BCUT2D eigenvalue weighted by Crippen LogP contribution is -2.40. The van der Waals surface area contributed by atoms with Crippen molar-refractivity contribution in [1.29, 1.82) is 5.26 Å². The van der Waals surface area contributed by atoms with Gasteiger partial charge in [0.05, 0.1) is 27.9 Å². The summed E-state index contributed by atoms with van der Waals surface area (Å²) in [7, 11) is -3.93. The zero-order valence-corrected chi connectivity index (χ0v) is 22.1. The van der Waals surface area contributed by atoms with Crippen LogP contribution >= 0.6 is 0 Å². The number of carbonyl (C=O) groups is 1. The van der Waals surface area contributed by atoms with Gasteiger partial charge >= 0.3 is 6.03 Å². The Bertz CT molecular complexity index is 1610. The number of nitrogens with zero attached hydrogens (tertiary/aromatic N) is 3. The van der Waals surface area contributed by atoms with Crippen molar-refractivity contribution in [3.8, 4) is 17.3 Å². The average Bonchev–Trinajstić information content (AvgIpc) is 3.23. The minimum absolute atomic E-state index is 0.0388. The van der Waals surface area contributed by atoms with Crippen molar-refractivity contribution >= 4 is 21.7 Å². The lowest BCUT2D eigenvalue weighted by molar-refractivity contribution is 0.246. The molecule has 8 nitrogen and oxygen atoms in total. The number of aryl methyl sites for hydroxylation is 4. The molecule has 0 saturated heterocycles. The molecule has 2 aromatic carbocycles. The number of pyridine rings is 1. The van der Waals surface area contributed by atoms with Crippen molar-refractivity contribution in [2.75, 3.05) is 6.54 Å². The second kappa shape index (κ2) is 10.4. The monoisotopic (exact) mass is 515 g/mol. The highest BCUT2D eigenvalue weighted by Crippen LogP contribution is 2.29. The van der Waals surface area contributed by atoms with Gasteiger partial charge in [0, 0.05) is 23.9 Å². The standard InChI is InChI=1S/C28H29N5O3S/c1-5-25-26(33-17-19(3)24(16-29)20(4)27(33)31-25)22-10-8-21(9-11-22)14-15-30-28(34)32-37(35,36)23-12-6-18(2)7-13-23/h6-13,17H,5,14-15H2,1-4H3,(H2,30,32,34). The molecule has 0 radical (unpaired) electrons. The molecular formula is C28H29N5O3S. The molecule has 0 aliphatic rings. The summed E-state index contributed by atoms with van der Waals surface area (Å²) in [6, 6.07) is 15.8. The van der Waals surface area contributed by atoms with Crippen LogP contribution in [-0.4, -0.2) is 30.4 Å². The largest absolute Gasteiger partial charge is 0.337 e. The molecule has 0 unspecified atom stereocenters. The summed E-state index contributed by atoms with van der Waals surface area (Å²) in [4.78, 5) is 17.0. The molecule has 0 saturated carbocycles. The summed E-state index contributed by atoms with van der Waals surface area (Å²) < 4.78 is 28.8. The predicted octanol–water partition coefficient (Wildman–Crippen LogP) is 4.59. The summed E-state index contributed by atoms with van der Waals surface area (Å²) in [5.41, 5.74) is 8.10. The number of rotatable bonds is 7. The van der Waals surface area contributed by atoms with Crippen LogP contribution in [0.5, 0.6) is 0 Å². The smallest absolute Gasteiger partial charge is 0.328 e. The third-order valence-electron chi connectivity index (χ3n) is 6.34. The van der Waals surface area contributed by atoms with Gasteiger partial charge in [0.1, 0.15) is 5.65 Å². The Morgan fingerprint density at radius 1 is 1.05 bits per heavy atom. The SMILES string of the molecule is CCc1nc2c(C)c(C#N)c(C)cn2c1-c1ccc(CCNC(=O)NS(=O)(=O)c2ccc(C)cc2)cc1. The number of hydrogen-bond acceptors (Lipinski definition) is 5. The van der Waals surface area contributed by atoms with E-state index in [9.17, 15) is 18.5 Å². The van der Waals surface area contributed by atoms with Crippen LogP contribution in [0.25, 0.3) is 16.9 Å². The molecule has 190 valence electrons. The van der Waals surface area contributed by atoms with E-state index in [-0.39, 0.29) is 11.4 Å². The first-order valence-electron chi connectivity index (χ1n) is 12.0. The summed E-state index contributed by atoms with van der Waals surface area (Å²) >= 11 is 0. The van der Waals surface area contributed by atoms with Crippen LogP contribution in [-0.2, 0) is 22.9 Å². The number of benzene rings is 2. The predicted molar refractivity (Wildman–Crippen MR) is 143 cm³/mol. The van der Waals surface area contributed by atoms with Gasteiger partial charge < -0.3 is 5.32 Å². The maximum Gasteiger partial charge on any atom is 0.328 e. The molecule has 9 heteroatoms. The van der Waals surface area contributed by atoms with Crippen LogP contribution in [0.4, 0.5) is 4.79 Å². The maximum absolute atomic E-state index is 12.4. The highest BCUT2D eigenvalue weighted by molar-refractivity contribution is 7.90. The number of nitriles is 1. The molecule has 37 heavy (non-hydrogen) atoms. The Morgan fingerprint density at radius 2 is 1.73 bits per heavy atom. The average molecular weight is 516 g/mol. The quantitative estimate of drug-likeness (QED) is 0.373. The van der Waals surface area contributed by atoms with E-state index in [0.717, 1.165) is 51.3 Å². The van der Waals surface area contributed by atoms with E-state index in [1.165, 1.54) is 12.1 Å². The molecule has 2 heterocycles. The van der Waals surface area contributed by atoms with Crippen molar-refractivity contribution < 1.29 is 13.2 Å². The topological polar surface area (TPSA) is 116 Å². The number of hydrogen-bond donors (Lipinski definition) is 2. The first kappa shape index (κ1) is 25.9. The van der Waals surface area contributed by atoms with Crippen molar-refractivity contribution in [1.82, 2.24) is 19.4 Å². The third kappa shape index (κ3) is 5.34. The molecule has 0 atom stereocenters. The van der Waals surface area contributed by atoms with Gasteiger partial charge in [-0.1, -0.05) is 48.9 Å². The van der Waals surface area contributed by atoms with Crippen LogP contribution in [0, 0.1) is 32.1 Å². The fourth-order valence-corrected chi connectivity index (χ4v) is 5.27. The van der Waals surface area contributed by atoms with Crippen LogP contribution in [0.1, 0.15) is 40.4 Å². The van der Waals surface area contributed by atoms with Crippen LogP contribution in [0.2, 0.25) is 0 Å². The van der Waals surface area contributed by atoms with Crippen molar-refractivity contribution in [3.05, 3.63) is 88.2 Å². The lowest BCUT2D eigenvalue weighted by Gasteiger charge is -2.10. The molecule has 4 aromatic rings. The zero-order chi connectivity index (χ0) is 26.7. The Labute approximate surface area is 217 Å². The van der Waals surface area contributed by atoms with E-state index in [1.54, 1.807) is 12.1 Å². The highest BCUT2D eigenvalue weighted by Gasteiger charge is 2.18. The molecule has 0 spiro atoms. The fourth-order valence-electron chi connectivity index (χ4n) is 4.34. The first-order chi connectivity index (χ1) is 17.6. The van der Waals surface area contributed by atoms with Gasteiger partial charge in [0.15, 0.2) is 0 Å². The number of amides is 2. The Kier molecular flexibility index (Phi) is 7.32. The van der Waals surface area contributed by atoms with Gasteiger partial charge in [-0.15, -0.1) is 0 Å². The fraction of sp³-hybridized carbons (Fsp3) is 0.250. The second-order valence-corrected chi connectivity index (χ2v) is 10.7. The minimum Gasteiger partial charge on any atom is -0.337 e. The third-order valence-corrected chi connectivity index (χ3v) is 7.69. The van der Waals surface area contributed by atoms with Crippen LogP contribution < -0.4 is 10.0 Å². The molecule has 0 aliphatic carbocycles. The van der Waals surface area contributed by atoms with Gasteiger partial charge in [0.25, 0.3) is 10.0 Å². The number of carbonyl (C=O) groups excluding carboxylic acids is 1. The summed E-state index contributed by atoms with van der Waals surface area (Å²) in [6.45, 7) is 8.05. The van der Waals surface area contributed by atoms with E-state index in [0.29, 0.717) is 12.0 Å². The number of nitrogens with one attached hydrogen (secondary N) is 2. The minimum atomic E-state index is -3.93. The normalized spacial score (nSPS) is 11.3. The van der Waals surface area contributed by atoms with Gasteiger partial charge in [0.2, 0.25) is 0 Å². The second-order valence-electron chi connectivity index (χ2n) is 9.00. The Hall–Kier alpha value is -4.16. The number of urea groups is 1. The molecule has 4 rings (SSSR count). The molecular weight excluding hydrogens is 486 g/mol. The van der Waals surface area contributed by atoms with Crippen molar-refractivity contribution in [3.63, 3.8) is 0 Å². The Morgan fingerprint density at radius 3 is 2.35 bits per heavy atom. The summed E-state index contributed by atoms with van der Waals surface area (Å²) in [5, 5.41) is 12.1. The van der Waals surface area contributed by atoms with Gasteiger partial charge in [-0.3, -0.25) is 4.40 Å². The summed E-state index contributed by atoms with van der Waals surface area (Å²) in [6.07, 6.45) is 3.25. The lowest BCUT2D eigenvalue weighted by atomic mass is 10.0. The zero-order valence-electron chi connectivity index (χ0n) is 21.3. The van der Waals surface area contributed by atoms with Gasteiger partial charge in [-0.2, -0.15) is 5.26 Å². The van der Waals surface area contributed by atoms with Crippen LogP contribution in [0.15, 0.2) is 59.6 Å². The number of sulfonamides is 1. The van der Waals surface area contributed by atoms with E-state index in [4.69, 9.17) is 4.98 Å². The number of aromatic nitrogens is 2. The molecule has 0 bridgehead atoms. The van der Waals surface area contributed by atoms with Gasteiger partial charge in [-0.25, -0.2) is 22.9 Å². The van der Waals surface area contributed by atoms with Crippen LogP contribution in [0.3, 0.4) is 0 Å².